The zero-order valence-corrected chi connectivity index (χ0v) is 19.0. The number of hydrogen-bond acceptors (Lipinski definition) is 5. The molecule has 4 N–H and O–H groups in total. The molecule has 8 nitrogen and oxygen atoms in total. The van der Waals surface area contributed by atoms with Crippen molar-refractivity contribution in [3.05, 3.63) is 29.8 Å². The van der Waals surface area contributed by atoms with Crippen LogP contribution in [0.2, 0.25) is 0 Å². The summed E-state index contributed by atoms with van der Waals surface area (Å²) in [5.74, 6) is -1.000. The molecule has 0 aromatic heterocycles. The van der Waals surface area contributed by atoms with Gasteiger partial charge in [0.25, 0.3) is 0 Å². The number of rotatable bonds is 7. The van der Waals surface area contributed by atoms with E-state index in [4.69, 9.17) is 0 Å². The minimum absolute atomic E-state index is 0.0721. The molecule has 1 fully saturated rings. The Morgan fingerprint density at radius 3 is 2.66 bits per heavy atom. The van der Waals surface area contributed by atoms with E-state index in [1.54, 1.807) is 0 Å². The van der Waals surface area contributed by atoms with Crippen molar-refractivity contribution in [2.75, 3.05) is 11.9 Å². The summed E-state index contributed by atoms with van der Waals surface area (Å²) < 4.78 is 0. The lowest BCUT2D eigenvalue weighted by Gasteiger charge is -2.29. The van der Waals surface area contributed by atoms with E-state index >= 15 is 0 Å². The van der Waals surface area contributed by atoms with Crippen molar-refractivity contribution in [1.29, 1.82) is 5.26 Å². The van der Waals surface area contributed by atoms with Gasteiger partial charge in [-0.15, -0.1) is 0 Å². The Hall–Kier alpha value is -3.08. The Morgan fingerprint density at radius 1 is 1.25 bits per heavy atom. The van der Waals surface area contributed by atoms with E-state index in [1.165, 1.54) is 0 Å². The molecule has 0 bridgehead atoms. The number of nitrogens with zero attached hydrogens (tertiary/aromatic N) is 1. The van der Waals surface area contributed by atoms with Crippen LogP contribution in [0.1, 0.15) is 52.0 Å². The van der Waals surface area contributed by atoms with Crippen LogP contribution in [0, 0.1) is 22.7 Å². The van der Waals surface area contributed by atoms with E-state index in [2.05, 4.69) is 27.3 Å². The highest BCUT2D eigenvalue weighted by Crippen LogP contribution is 2.26. The van der Waals surface area contributed by atoms with E-state index in [0.717, 1.165) is 17.7 Å². The van der Waals surface area contributed by atoms with Crippen LogP contribution in [0.15, 0.2) is 24.3 Å². The second kappa shape index (κ2) is 10.0. The first-order chi connectivity index (χ1) is 15.2. The van der Waals surface area contributed by atoms with Gasteiger partial charge in [0.1, 0.15) is 18.1 Å². The highest BCUT2D eigenvalue weighted by Gasteiger charge is 2.33. The number of benzene rings is 1. The number of anilines is 1. The molecule has 1 aromatic rings. The molecule has 0 saturated carbocycles. The van der Waals surface area contributed by atoms with Crippen LogP contribution in [0.25, 0.3) is 0 Å². The molecule has 1 aromatic carbocycles. The lowest BCUT2D eigenvalue weighted by Crippen LogP contribution is -2.54. The summed E-state index contributed by atoms with van der Waals surface area (Å²) in [7, 11) is 0. The molecule has 4 atom stereocenters. The van der Waals surface area contributed by atoms with Crippen molar-refractivity contribution >= 4 is 23.4 Å². The Morgan fingerprint density at radius 2 is 2.00 bits per heavy atom. The number of nitriles is 1. The van der Waals surface area contributed by atoms with Gasteiger partial charge >= 0.3 is 0 Å². The van der Waals surface area contributed by atoms with Gasteiger partial charge in [0, 0.05) is 24.6 Å². The third-order valence-corrected chi connectivity index (χ3v) is 5.93. The zero-order chi connectivity index (χ0) is 23.3. The molecule has 1 unspecified atom stereocenters. The van der Waals surface area contributed by atoms with Gasteiger partial charge in [-0.25, -0.2) is 0 Å². The summed E-state index contributed by atoms with van der Waals surface area (Å²) in [4.78, 5) is 38.1. The quantitative estimate of drug-likeness (QED) is 0.516. The number of carbonyl (C=O) groups excluding carboxylic acids is 3. The number of nitrogens with one attached hydrogen (secondary N) is 4. The van der Waals surface area contributed by atoms with E-state index in [1.807, 2.05) is 45.0 Å². The first kappa shape index (κ1) is 23.6. The van der Waals surface area contributed by atoms with Crippen molar-refractivity contribution in [3.8, 4) is 6.07 Å². The topological polar surface area (TPSA) is 123 Å². The van der Waals surface area contributed by atoms with E-state index < -0.39 is 24.0 Å². The van der Waals surface area contributed by atoms with Gasteiger partial charge in [-0.1, -0.05) is 39.0 Å². The molecular formula is C24H33N5O3. The molecule has 32 heavy (non-hydrogen) atoms. The number of para-hydroxylation sites is 1. The SMILES string of the molecule is CC(C)(C)C[C@H](NC(=O)C1Cc2ccccc2N1)C(=O)N[C@H](C#N)C[C@@H]1CCCNC1=O. The lowest BCUT2D eigenvalue weighted by atomic mass is 9.87. The second-order valence-electron chi connectivity index (χ2n) is 9.94. The molecular weight excluding hydrogens is 406 g/mol. The molecule has 2 aliphatic rings. The highest BCUT2D eigenvalue weighted by atomic mass is 16.2. The van der Waals surface area contributed by atoms with Crippen molar-refractivity contribution in [2.45, 2.75) is 71.0 Å². The summed E-state index contributed by atoms with van der Waals surface area (Å²) >= 11 is 0. The number of amides is 3. The number of fused-ring (bicyclic) bond motifs is 1. The molecule has 172 valence electrons. The van der Waals surface area contributed by atoms with Crippen LogP contribution in [0.4, 0.5) is 5.69 Å². The molecule has 3 amide bonds. The zero-order valence-electron chi connectivity index (χ0n) is 19.0. The fourth-order valence-electron chi connectivity index (χ4n) is 4.31. The number of piperidine rings is 1. The molecule has 2 aliphatic heterocycles. The Labute approximate surface area is 189 Å². The van der Waals surface area contributed by atoms with Crippen LogP contribution in [0.3, 0.4) is 0 Å². The van der Waals surface area contributed by atoms with Gasteiger partial charge in [0.15, 0.2) is 0 Å². The summed E-state index contributed by atoms with van der Waals surface area (Å²) in [6.45, 7) is 6.64. The van der Waals surface area contributed by atoms with Crippen LogP contribution < -0.4 is 21.3 Å². The van der Waals surface area contributed by atoms with Crippen molar-refractivity contribution < 1.29 is 14.4 Å². The summed E-state index contributed by atoms with van der Waals surface area (Å²) in [6, 6.07) is 7.86. The minimum Gasteiger partial charge on any atom is -0.373 e. The summed E-state index contributed by atoms with van der Waals surface area (Å²) in [5.41, 5.74) is 1.78. The molecule has 3 rings (SSSR count). The van der Waals surface area contributed by atoms with Crippen LogP contribution in [0.5, 0.6) is 0 Å². The van der Waals surface area contributed by atoms with Gasteiger partial charge in [0.2, 0.25) is 17.7 Å². The third-order valence-electron chi connectivity index (χ3n) is 5.93. The Bertz CT molecular complexity index is 877. The summed E-state index contributed by atoms with van der Waals surface area (Å²) in [6.07, 6.45) is 2.82. The first-order valence-corrected chi connectivity index (χ1v) is 11.3. The Balaban J connectivity index is 1.63. The van der Waals surface area contributed by atoms with Gasteiger partial charge in [-0.3, -0.25) is 14.4 Å². The predicted molar refractivity (Wildman–Crippen MR) is 121 cm³/mol. The average molecular weight is 440 g/mol. The highest BCUT2D eigenvalue weighted by molar-refractivity contribution is 5.92. The third kappa shape index (κ3) is 6.22. The smallest absolute Gasteiger partial charge is 0.243 e. The average Bonchev–Trinajstić information content (AvgIpc) is 3.17. The predicted octanol–water partition coefficient (Wildman–Crippen LogP) is 1.87. The van der Waals surface area contributed by atoms with Gasteiger partial charge in [-0.05, 0) is 42.7 Å². The van der Waals surface area contributed by atoms with Crippen molar-refractivity contribution in [2.24, 2.45) is 11.3 Å². The fourth-order valence-corrected chi connectivity index (χ4v) is 4.31. The van der Waals surface area contributed by atoms with Crippen LogP contribution in [-0.4, -0.2) is 42.4 Å². The maximum atomic E-state index is 13.1. The van der Waals surface area contributed by atoms with E-state index in [0.29, 0.717) is 25.8 Å². The van der Waals surface area contributed by atoms with Gasteiger partial charge in [0.05, 0.1) is 6.07 Å². The second-order valence-corrected chi connectivity index (χ2v) is 9.94. The fraction of sp³-hybridized carbons (Fsp3) is 0.583. The first-order valence-electron chi connectivity index (χ1n) is 11.3. The van der Waals surface area contributed by atoms with Crippen molar-refractivity contribution in [3.63, 3.8) is 0 Å². The molecule has 0 spiro atoms. The van der Waals surface area contributed by atoms with Crippen LogP contribution >= 0.6 is 0 Å². The van der Waals surface area contributed by atoms with E-state index in [-0.39, 0.29) is 29.6 Å². The largest absolute Gasteiger partial charge is 0.373 e. The molecule has 2 heterocycles. The molecule has 1 saturated heterocycles. The molecule has 8 heteroatoms. The Kier molecular flexibility index (Phi) is 7.39. The van der Waals surface area contributed by atoms with Gasteiger partial charge < -0.3 is 21.3 Å². The molecule has 0 aliphatic carbocycles. The number of hydrogen-bond donors (Lipinski definition) is 4. The molecule has 0 radical (unpaired) electrons. The number of carbonyl (C=O) groups is 3. The standard InChI is InChI=1S/C24H33N5O3/c1-24(2,3)13-20(29-22(31)19-12-15-7-4-5-9-18(15)28-19)23(32)27-17(14-25)11-16-8-6-10-26-21(16)30/h4-5,7,9,16-17,19-20,28H,6,8,10-13H2,1-3H3,(H,26,30)(H,27,32)(H,29,31)/t16-,17-,19?,20-/m0/s1. The van der Waals surface area contributed by atoms with Gasteiger partial charge in [-0.2, -0.15) is 5.26 Å². The van der Waals surface area contributed by atoms with Crippen LogP contribution in [-0.2, 0) is 20.8 Å². The van der Waals surface area contributed by atoms with E-state index in [9.17, 15) is 19.6 Å². The lowest BCUT2D eigenvalue weighted by molar-refractivity contribution is -0.130. The maximum Gasteiger partial charge on any atom is 0.243 e. The minimum atomic E-state index is -0.787. The van der Waals surface area contributed by atoms with Crippen molar-refractivity contribution in [1.82, 2.24) is 16.0 Å². The monoisotopic (exact) mass is 439 g/mol. The normalized spacial score (nSPS) is 21.9. The summed E-state index contributed by atoms with van der Waals surface area (Å²) in [5, 5.41) is 21.2. The maximum absolute atomic E-state index is 13.1.